The van der Waals surface area contributed by atoms with E-state index >= 15 is 0 Å². The summed E-state index contributed by atoms with van der Waals surface area (Å²) in [4.78, 5) is 4.42. The minimum absolute atomic E-state index is 0.0824. The van der Waals surface area contributed by atoms with Gasteiger partial charge in [0, 0.05) is 6.42 Å². The van der Waals surface area contributed by atoms with Gasteiger partial charge in [-0.25, -0.2) is 0 Å². The Morgan fingerprint density at radius 3 is 2.79 bits per heavy atom. The first-order chi connectivity index (χ1) is 9.13. The van der Waals surface area contributed by atoms with Crippen LogP contribution in [0.4, 0.5) is 0 Å². The fourth-order valence-corrected chi connectivity index (χ4v) is 2.23. The molecule has 1 atom stereocenters. The van der Waals surface area contributed by atoms with Crippen molar-refractivity contribution in [2.24, 2.45) is 11.7 Å². The van der Waals surface area contributed by atoms with Crippen molar-refractivity contribution in [3.05, 3.63) is 46.6 Å². The molecule has 0 amide bonds. The highest BCUT2D eigenvalue weighted by Gasteiger charge is 2.33. The third-order valence-electron chi connectivity index (χ3n) is 3.83. The van der Waals surface area contributed by atoms with Gasteiger partial charge in [-0.05, 0) is 49.3 Å². The Morgan fingerprint density at radius 2 is 2.11 bits per heavy atom. The molecule has 19 heavy (non-hydrogen) atoms. The summed E-state index contributed by atoms with van der Waals surface area (Å²) in [6, 6.07) is 6.33. The average molecular weight is 257 g/mol. The smallest absolute Gasteiger partial charge is 0.243 e. The molecular weight excluding hydrogens is 238 g/mol. The maximum atomic E-state index is 6.05. The molecule has 1 aliphatic rings. The van der Waals surface area contributed by atoms with Gasteiger partial charge in [0.05, 0.1) is 6.04 Å². The van der Waals surface area contributed by atoms with E-state index in [0.29, 0.717) is 24.1 Å². The van der Waals surface area contributed by atoms with Crippen molar-refractivity contribution < 1.29 is 4.52 Å². The van der Waals surface area contributed by atoms with Crippen LogP contribution in [0.2, 0.25) is 0 Å². The fraction of sp³-hybridized carbons (Fsp3) is 0.467. The van der Waals surface area contributed by atoms with Gasteiger partial charge < -0.3 is 10.3 Å². The number of aryl methyl sites for hydroxylation is 2. The topological polar surface area (TPSA) is 64.9 Å². The first-order valence-electron chi connectivity index (χ1n) is 6.77. The van der Waals surface area contributed by atoms with Crippen molar-refractivity contribution >= 4 is 0 Å². The molecule has 1 aliphatic carbocycles. The normalized spacial score (nSPS) is 16.6. The molecule has 1 fully saturated rings. The van der Waals surface area contributed by atoms with Crippen molar-refractivity contribution in [1.82, 2.24) is 10.1 Å². The molecule has 0 bridgehead atoms. The predicted molar refractivity (Wildman–Crippen MR) is 72.7 cm³/mol. The van der Waals surface area contributed by atoms with Gasteiger partial charge in [0.2, 0.25) is 5.89 Å². The van der Waals surface area contributed by atoms with E-state index in [-0.39, 0.29) is 6.04 Å². The van der Waals surface area contributed by atoms with Crippen LogP contribution in [0, 0.1) is 19.8 Å². The second-order valence-corrected chi connectivity index (χ2v) is 5.51. The molecule has 3 rings (SSSR count). The van der Waals surface area contributed by atoms with E-state index in [1.54, 1.807) is 0 Å². The zero-order valence-electron chi connectivity index (χ0n) is 11.4. The third-order valence-corrected chi connectivity index (χ3v) is 3.83. The van der Waals surface area contributed by atoms with Crippen molar-refractivity contribution in [3.63, 3.8) is 0 Å². The number of rotatable bonds is 4. The average Bonchev–Trinajstić information content (AvgIpc) is 3.14. The summed E-state index contributed by atoms with van der Waals surface area (Å²) in [5.74, 6) is 1.84. The Morgan fingerprint density at radius 1 is 1.32 bits per heavy atom. The Bertz CT molecular complexity index is 587. The molecule has 1 aromatic carbocycles. The largest absolute Gasteiger partial charge is 0.338 e. The number of hydrogen-bond donors (Lipinski definition) is 1. The third kappa shape index (κ3) is 2.68. The van der Waals surface area contributed by atoms with Crippen LogP contribution in [0.1, 0.15) is 47.3 Å². The molecule has 4 heteroatoms. The highest BCUT2D eigenvalue weighted by molar-refractivity contribution is 5.31. The second-order valence-electron chi connectivity index (χ2n) is 5.51. The second kappa shape index (κ2) is 4.78. The molecule has 1 saturated carbocycles. The minimum atomic E-state index is -0.0824. The van der Waals surface area contributed by atoms with Crippen LogP contribution >= 0.6 is 0 Å². The number of hydrogen-bond acceptors (Lipinski definition) is 4. The van der Waals surface area contributed by atoms with E-state index in [0.717, 1.165) is 0 Å². The molecule has 100 valence electrons. The maximum Gasteiger partial charge on any atom is 0.243 e. The molecule has 4 nitrogen and oxygen atoms in total. The van der Waals surface area contributed by atoms with Crippen molar-refractivity contribution in [2.75, 3.05) is 0 Å². The Balaban J connectivity index is 1.74. The number of benzene rings is 1. The van der Waals surface area contributed by atoms with Gasteiger partial charge >= 0.3 is 0 Å². The molecule has 0 saturated heterocycles. The maximum absolute atomic E-state index is 6.05. The van der Waals surface area contributed by atoms with Crippen LogP contribution in [0.5, 0.6) is 0 Å². The standard InChI is InChI=1S/C15H19N3O/c1-9-3-4-11(7-10(9)2)8-13-17-15(19-18-13)14(16)12-5-6-12/h3-4,7,12,14H,5-6,8,16H2,1-2H3. The molecule has 0 radical (unpaired) electrons. The SMILES string of the molecule is Cc1ccc(Cc2noc(C(N)C3CC3)n2)cc1C. The first-order valence-corrected chi connectivity index (χ1v) is 6.77. The lowest BCUT2D eigenvalue weighted by atomic mass is 10.0. The van der Waals surface area contributed by atoms with Gasteiger partial charge in [-0.3, -0.25) is 0 Å². The molecule has 1 unspecified atom stereocenters. The van der Waals surface area contributed by atoms with Crippen molar-refractivity contribution in [3.8, 4) is 0 Å². The van der Waals surface area contributed by atoms with E-state index in [2.05, 4.69) is 42.2 Å². The summed E-state index contributed by atoms with van der Waals surface area (Å²) in [6.07, 6.45) is 3.05. The summed E-state index contributed by atoms with van der Waals surface area (Å²) in [5, 5.41) is 4.03. The zero-order valence-corrected chi connectivity index (χ0v) is 11.4. The Hall–Kier alpha value is -1.68. The number of aromatic nitrogens is 2. The van der Waals surface area contributed by atoms with Crippen LogP contribution in [0.3, 0.4) is 0 Å². The quantitative estimate of drug-likeness (QED) is 0.914. The van der Waals surface area contributed by atoms with E-state index in [1.165, 1.54) is 29.5 Å². The fourth-order valence-electron chi connectivity index (χ4n) is 2.23. The summed E-state index contributed by atoms with van der Waals surface area (Å²) in [7, 11) is 0. The number of nitrogens with zero attached hydrogens (tertiary/aromatic N) is 2. The van der Waals surface area contributed by atoms with Gasteiger partial charge in [-0.2, -0.15) is 4.98 Å². The summed E-state index contributed by atoms with van der Waals surface area (Å²) < 4.78 is 5.27. The number of nitrogens with two attached hydrogens (primary N) is 1. The van der Waals surface area contributed by atoms with Crippen LogP contribution in [0.25, 0.3) is 0 Å². The molecular formula is C15H19N3O. The highest BCUT2D eigenvalue weighted by Crippen LogP contribution is 2.38. The lowest BCUT2D eigenvalue weighted by Gasteiger charge is -2.03. The van der Waals surface area contributed by atoms with E-state index in [4.69, 9.17) is 10.3 Å². The van der Waals surface area contributed by atoms with Crippen LogP contribution in [-0.2, 0) is 6.42 Å². The van der Waals surface area contributed by atoms with Crippen LogP contribution < -0.4 is 5.73 Å². The molecule has 0 spiro atoms. The zero-order chi connectivity index (χ0) is 13.4. The Labute approximate surface area is 113 Å². The molecule has 1 aromatic heterocycles. The minimum Gasteiger partial charge on any atom is -0.338 e. The lowest BCUT2D eigenvalue weighted by Crippen LogP contribution is -2.12. The Kier molecular flexibility index (Phi) is 3.11. The molecule has 2 N–H and O–H groups in total. The lowest BCUT2D eigenvalue weighted by molar-refractivity contribution is 0.340. The van der Waals surface area contributed by atoms with Crippen molar-refractivity contribution in [2.45, 2.75) is 39.2 Å². The molecule has 1 heterocycles. The summed E-state index contributed by atoms with van der Waals surface area (Å²) >= 11 is 0. The van der Waals surface area contributed by atoms with Gasteiger partial charge in [0.1, 0.15) is 0 Å². The van der Waals surface area contributed by atoms with Gasteiger partial charge in [0.25, 0.3) is 0 Å². The first kappa shape index (κ1) is 12.4. The van der Waals surface area contributed by atoms with Gasteiger partial charge in [0.15, 0.2) is 5.82 Å². The van der Waals surface area contributed by atoms with Crippen LogP contribution in [-0.4, -0.2) is 10.1 Å². The monoisotopic (exact) mass is 257 g/mol. The van der Waals surface area contributed by atoms with E-state index in [9.17, 15) is 0 Å². The molecule has 2 aromatic rings. The van der Waals surface area contributed by atoms with Crippen molar-refractivity contribution in [1.29, 1.82) is 0 Å². The van der Waals surface area contributed by atoms with E-state index < -0.39 is 0 Å². The predicted octanol–water partition coefficient (Wildman–Crippen LogP) is 2.69. The summed E-state index contributed by atoms with van der Waals surface area (Å²) in [6.45, 7) is 4.23. The van der Waals surface area contributed by atoms with E-state index in [1.807, 2.05) is 0 Å². The van der Waals surface area contributed by atoms with Gasteiger partial charge in [-0.15, -0.1) is 0 Å². The molecule has 0 aliphatic heterocycles. The highest BCUT2D eigenvalue weighted by atomic mass is 16.5. The van der Waals surface area contributed by atoms with Crippen LogP contribution in [0.15, 0.2) is 22.7 Å². The van der Waals surface area contributed by atoms with Gasteiger partial charge in [-0.1, -0.05) is 23.4 Å². The summed E-state index contributed by atoms with van der Waals surface area (Å²) in [5.41, 5.74) is 9.85.